The molecule has 4 nitrogen and oxygen atoms in total. The molecule has 0 aliphatic heterocycles. The minimum absolute atomic E-state index is 0.111. The predicted molar refractivity (Wildman–Crippen MR) is 69.4 cm³/mol. The molecule has 0 unspecified atom stereocenters. The third-order valence-corrected chi connectivity index (χ3v) is 2.64. The molecule has 98 valence electrons. The molecule has 18 heavy (non-hydrogen) atoms. The Labute approximate surface area is 111 Å². The number of halogens is 1. The molecule has 1 aromatic rings. The van der Waals surface area contributed by atoms with Crippen LogP contribution in [0, 0.1) is 0 Å². The molecule has 0 heterocycles. The van der Waals surface area contributed by atoms with E-state index in [9.17, 15) is 9.59 Å². The molecule has 0 atom stereocenters. The second-order valence-corrected chi connectivity index (χ2v) is 4.24. The van der Waals surface area contributed by atoms with Crippen molar-refractivity contribution in [3.8, 4) is 0 Å². The first kappa shape index (κ1) is 14.5. The minimum atomic E-state index is -0.375. The molecule has 0 aliphatic carbocycles. The van der Waals surface area contributed by atoms with E-state index in [1.54, 1.807) is 6.07 Å². The van der Waals surface area contributed by atoms with Crippen LogP contribution in [0.5, 0.6) is 0 Å². The molecule has 1 N–H and O–H groups in total. The monoisotopic (exact) mass is 269 g/mol. The maximum atomic E-state index is 11.4. The maximum Gasteiger partial charge on any atom is 0.306 e. The zero-order valence-corrected chi connectivity index (χ0v) is 11.0. The highest BCUT2D eigenvalue weighted by Gasteiger charge is 2.06. The number of rotatable bonds is 6. The molecule has 1 aromatic carbocycles. The number of ether oxygens (including phenoxy) is 1. The number of esters is 1. The molecular weight excluding hydrogens is 254 g/mol. The fourth-order valence-electron chi connectivity index (χ4n) is 1.44. The van der Waals surface area contributed by atoms with Gasteiger partial charge in [-0.15, -0.1) is 0 Å². The van der Waals surface area contributed by atoms with Crippen LogP contribution in [0.1, 0.15) is 18.4 Å². The van der Waals surface area contributed by atoms with E-state index in [1.165, 1.54) is 7.11 Å². The average molecular weight is 270 g/mol. The number of methoxy groups -OCH3 is 1. The van der Waals surface area contributed by atoms with Crippen LogP contribution in [0.25, 0.3) is 0 Å². The van der Waals surface area contributed by atoms with Crippen molar-refractivity contribution in [2.45, 2.75) is 19.3 Å². The van der Waals surface area contributed by atoms with E-state index in [4.69, 9.17) is 11.6 Å². The summed E-state index contributed by atoms with van der Waals surface area (Å²) in [7, 11) is 1.30. The molecule has 1 rings (SSSR count). The van der Waals surface area contributed by atoms with Crippen molar-refractivity contribution in [3.05, 3.63) is 34.9 Å². The number of carbonyl (C=O) groups is 2. The van der Waals surface area contributed by atoms with Crippen LogP contribution in [0.4, 0.5) is 0 Å². The minimum Gasteiger partial charge on any atom is -0.469 e. The standard InChI is InChI=1S/C13H16ClNO3/c1-18-13(17)6-5-12(16)15-8-7-10-3-2-4-11(14)9-10/h2-4,9H,5-8H2,1H3,(H,15,16). The van der Waals surface area contributed by atoms with E-state index in [-0.39, 0.29) is 24.7 Å². The Morgan fingerprint density at radius 1 is 1.33 bits per heavy atom. The van der Waals surface area contributed by atoms with Crippen LogP contribution < -0.4 is 5.32 Å². The Morgan fingerprint density at radius 3 is 2.78 bits per heavy atom. The van der Waals surface area contributed by atoms with Gasteiger partial charge < -0.3 is 10.1 Å². The normalized spacial score (nSPS) is 9.89. The highest BCUT2D eigenvalue weighted by Crippen LogP contribution is 2.10. The van der Waals surface area contributed by atoms with Gasteiger partial charge in [0.2, 0.25) is 5.91 Å². The van der Waals surface area contributed by atoms with Gasteiger partial charge in [-0.25, -0.2) is 0 Å². The summed E-state index contributed by atoms with van der Waals surface area (Å²) in [5.41, 5.74) is 1.07. The van der Waals surface area contributed by atoms with Crippen molar-refractivity contribution in [2.75, 3.05) is 13.7 Å². The summed E-state index contributed by atoms with van der Waals surface area (Å²) in [5.74, 6) is -0.526. The van der Waals surface area contributed by atoms with Crippen LogP contribution in [0.2, 0.25) is 5.02 Å². The fraction of sp³-hybridized carbons (Fsp3) is 0.385. The van der Waals surface area contributed by atoms with Gasteiger partial charge in [-0.3, -0.25) is 9.59 Å². The summed E-state index contributed by atoms with van der Waals surface area (Å²) in [6, 6.07) is 7.49. The molecule has 5 heteroatoms. The summed E-state index contributed by atoms with van der Waals surface area (Å²) in [4.78, 5) is 22.2. The molecule has 1 amide bonds. The van der Waals surface area contributed by atoms with E-state index in [0.29, 0.717) is 18.0 Å². The van der Waals surface area contributed by atoms with Crippen molar-refractivity contribution in [2.24, 2.45) is 0 Å². The molecule has 0 saturated carbocycles. The van der Waals surface area contributed by atoms with Gasteiger partial charge in [0.25, 0.3) is 0 Å². The highest BCUT2D eigenvalue weighted by atomic mass is 35.5. The highest BCUT2D eigenvalue weighted by molar-refractivity contribution is 6.30. The third kappa shape index (κ3) is 5.68. The molecular formula is C13H16ClNO3. The second kappa shape index (κ2) is 7.71. The van der Waals surface area contributed by atoms with Crippen LogP contribution >= 0.6 is 11.6 Å². The first-order chi connectivity index (χ1) is 8.61. The lowest BCUT2D eigenvalue weighted by molar-refractivity contribution is -0.142. The smallest absolute Gasteiger partial charge is 0.306 e. The first-order valence-electron chi connectivity index (χ1n) is 5.70. The number of amides is 1. The van der Waals surface area contributed by atoms with Gasteiger partial charge in [0, 0.05) is 18.0 Å². The zero-order chi connectivity index (χ0) is 13.4. The Kier molecular flexibility index (Phi) is 6.22. The Bertz CT molecular complexity index is 420. The summed E-state index contributed by atoms with van der Waals surface area (Å²) >= 11 is 5.85. The average Bonchev–Trinajstić information content (AvgIpc) is 2.36. The summed E-state index contributed by atoms with van der Waals surface area (Å²) in [6.45, 7) is 0.528. The number of nitrogens with one attached hydrogen (secondary N) is 1. The molecule has 0 aromatic heterocycles. The van der Waals surface area contributed by atoms with E-state index in [1.807, 2.05) is 18.2 Å². The molecule has 0 fully saturated rings. The number of benzene rings is 1. The number of carbonyl (C=O) groups excluding carboxylic acids is 2. The van der Waals surface area contributed by atoms with Crippen LogP contribution in [-0.2, 0) is 20.7 Å². The predicted octanol–water partition coefficient (Wildman–Crippen LogP) is 1.95. The van der Waals surface area contributed by atoms with E-state index < -0.39 is 0 Å². The lowest BCUT2D eigenvalue weighted by atomic mass is 10.1. The lowest BCUT2D eigenvalue weighted by Crippen LogP contribution is -2.26. The molecule has 0 saturated heterocycles. The Balaban J connectivity index is 2.21. The SMILES string of the molecule is COC(=O)CCC(=O)NCCc1cccc(Cl)c1. The maximum absolute atomic E-state index is 11.4. The van der Waals surface area contributed by atoms with Crippen molar-refractivity contribution >= 4 is 23.5 Å². The molecule has 0 spiro atoms. The van der Waals surface area contributed by atoms with Crippen molar-refractivity contribution < 1.29 is 14.3 Å². The van der Waals surface area contributed by atoms with E-state index >= 15 is 0 Å². The van der Waals surface area contributed by atoms with Crippen molar-refractivity contribution in [3.63, 3.8) is 0 Å². The third-order valence-electron chi connectivity index (χ3n) is 2.41. The Hall–Kier alpha value is -1.55. The van der Waals surface area contributed by atoms with Crippen LogP contribution in [-0.4, -0.2) is 25.5 Å². The van der Waals surface area contributed by atoms with Gasteiger partial charge in [0.05, 0.1) is 13.5 Å². The number of hydrogen-bond donors (Lipinski definition) is 1. The van der Waals surface area contributed by atoms with Gasteiger partial charge >= 0.3 is 5.97 Å². The van der Waals surface area contributed by atoms with E-state index in [2.05, 4.69) is 10.1 Å². The summed E-state index contributed by atoms with van der Waals surface area (Å²) < 4.78 is 4.45. The summed E-state index contributed by atoms with van der Waals surface area (Å²) in [6.07, 6.45) is 0.978. The largest absolute Gasteiger partial charge is 0.469 e. The molecule has 0 radical (unpaired) electrons. The van der Waals surface area contributed by atoms with Gasteiger partial charge in [-0.1, -0.05) is 23.7 Å². The van der Waals surface area contributed by atoms with Crippen LogP contribution in [0.15, 0.2) is 24.3 Å². The first-order valence-corrected chi connectivity index (χ1v) is 6.07. The molecule has 0 aliphatic rings. The van der Waals surface area contributed by atoms with Gasteiger partial charge in [-0.2, -0.15) is 0 Å². The van der Waals surface area contributed by atoms with Gasteiger partial charge in [0.15, 0.2) is 0 Å². The van der Waals surface area contributed by atoms with Gasteiger partial charge in [-0.05, 0) is 24.1 Å². The fourth-order valence-corrected chi connectivity index (χ4v) is 1.66. The van der Waals surface area contributed by atoms with Gasteiger partial charge in [0.1, 0.15) is 0 Å². The van der Waals surface area contributed by atoms with Crippen molar-refractivity contribution in [1.29, 1.82) is 0 Å². The van der Waals surface area contributed by atoms with Crippen molar-refractivity contribution in [1.82, 2.24) is 5.32 Å². The summed E-state index contributed by atoms with van der Waals surface area (Å²) in [5, 5.41) is 3.42. The zero-order valence-electron chi connectivity index (χ0n) is 10.2. The molecule has 0 bridgehead atoms. The Morgan fingerprint density at radius 2 is 2.11 bits per heavy atom. The number of hydrogen-bond acceptors (Lipinski definition) is 3. The topological polar surface area (TPSA) is 55.4 Å². The lowest BCUT2D eigenvalue weighted by Gasteiger charge is -2.05. The van der Waals surface area contributed by atoms with E-state index in [0.717, 1.165) is 5.56 Å². The second-order valence-electron chi connectivity index (χ2n) is 3.81. The quantitative estimate of drug-likeness (QED) is 0.803. The van der Waals surface area contributed by atoms with Crippen LogP contribution in [0.3, 0.4) is 0 Å².